The number of hydrogen-bond donors (Lipinski definition) is 0. The van der Waals surface area contributed by atoms with Crippen molar-refractivity contribution in [2.45, 2.75) is 60.3 Å². The van der Waals surface area contributed by atoms with Crippen LogP contribution in [0.15, 0.2) is 41.4 Å². The topological polar surface area (TPSA) is 72.8 Å². The summed E-state index contributed by atoms with van der Waals surface area (Å²) in [6, 6.07) is 12.3. The van der Waals surface area contributed by atoms with Crippen LogP contribution in [0, 0.1) is 18.3 Å². The van der Waals surface area contributed by atoms with E-state index >= 15 is 0 Å². The third-order valence-corrected chi connectivity index (χ3v) is 8.76. The molecule has 1 unspecified atom stereocenters. The number of halogens is 1. The maximum absolute atomic E-state index is 11.9. The molecule has 0 bridgehead atoms. The predicted molar refractivity (Wildman–Crippen MR) is 168 cm³/mol. The first-order chi connectivity index (χ1) is 20.1. The Bertz CT molecular complexity index is 1220. The van der Waals surface area contributed by atoms with Crippen LogP contribution >= 0.6 is 11.6 Å². The highest BCUT2D eigenvalue weighted by Crippen LogP contribution is 2.31. The molecular formula is C33H46ClN3O5. The Hall–Kier alpha value is -2.97. The molecule has 42 heavy (non-hydrogen) atoms. The summed E-state index contributed by atoms with van der Waals surface area (Å²) < 4.78 is 21.9. The van der Waals surface area contributed by atoms with E-state index < -0.39 is 6.16 Å². The lowest BCUT2D eigenvalue weighted by Crippen LogP contribution is -2.46. The van der Waals surface area contributed by atoms with Gasteiger partial charge in [-0.05, 0) is 67.3 Å². The van der Waals surface area contributed by atoms with Gasteiger partial charge in [0.05, 0.1) is 29.6 Å². The summed E-state index contributed by atoms with van der Waals surface area (Å²) in [6.45, 7) is 16.3. The zero-order chi connectivity index (χ0) is 30.1. The molecule has 0 spiro atoms. The highest BCUT2D eigenvalue weighted by atomic mass is 35.5. The summed E-state index contributed by atoms with van der Waals surface area (Å²) >= 11 is 6.53. The second-order valence-corrected chi connectivity index (χ2v) is 12.7. The van der Waals surface area contributed by atoms with Gasteiger partial charge in [0, 0.05) is 38.7 Å². The quantitative estimate of drug-likeness (QED) is 0.151. The Morgan fingerprint density at radius 1 is 1.02 bits per heavy atom. The van der Waals surface area contributed by atoms with Crippen molar-refractivity contribution in [1.29, 1.82) is 0 Å². The number of hydrogen-bond acceptors (Lipinski definition) is 8. The lowest BCUT2D eigenvalue weighted by Gasteiger charge is -2.36. The Morgan fingerprint density at radius 2 is 1.81 bits per heavy atom. The normalized spacial score (nSPS) is 16.3. The van der Waals surface area contributed by atoms with Crippen LogP contribution in [0.2, 0.25) is 5.02 Å². The molecule has 0 N–H and O–H groups in total. The van der Waals surface area contributed by atoms with Crippen molar-refractivity contribution in [2.24, 2.45) is 16.3 Å². The molecule has 0 saturated carbocycles. The van der Waals surface area contributed by atoms with Crippen LogP contribution in [0.3, 0.4) is 0 Å². The number of carbonyl (C=O) groups is 1. The first-order valence-corrected chi connectivity index (χ1v) is 15.5. The molecule has 1 atom stereocenters. The molecule has 2 aliphatic heterocycles. The molecule has 1 saturated heterocycles. The molecule has 0 radical (unpaired) electrons. The fraction of sp³-hybridized carbons (Fsp3) is 0.576. The summed E-state index contributed by atoms with van der Waals surface area (Å²) in [4.78, 5) is 21.4. The van der Waals surface area contributed by atoms with Gasteiger partial charge in [0.2, 0.25) is 6.79 Å². The van der Waals surface area contributed by atoms with Crippen molar-refractivity contribution in [3.8, 4) is 5.75 Å². The van der Waals surface area contributed by atoms with Gasteiger partial charge in [-0.3, -0.25) is 4.90 Å². The molecule has 0 aliphatic carbocycles. The minimum Gasteiger partial charge on any atom is -0.494 e. The molecular weight excluding hydrogens is 554 g/mol. The lowest BCUT2D eigenvalue weighted by molar-refractivity contribution is -0.0123. The van der Waals surface area contributed by atoms with Crippen LogP contribution in [-0.4, -0.2) is 69.7 Å². The van der Waals surface area contributed by atoms with E-state index in [9.17, 15) is 4.79 Å². The molecule has 2 heterocycles. The highest BCUT2D eigenvalue weighted by Gasteiger charge is 2.22. The number of carbonyl (C=O) groups excluding carboxylic acids is 1. The van der Waals surface area contributed by atoms with Crippen molar-refractivity contribution in [3.63, 3.8) is 0 Å². The standard InChI is InChI=1S/C33H46ClN3O5/c1-24-9-8-10-29(31(24)34)37-18-16-36(17-19-37)15-6-7-20-39-27-13-11-26-12-14-30(35-28(26)21-27)41-23-42-32(38)40-22-25(2)33(3,4)5/h8-11,13,21,25H,6-7,12,14-20,22-23H2,1-5H3. The summed E-state index contributed by atoms with van der Waals surface area (Å²) in [7, 11) is 0. The summed E-state index contributed by atoms with van der Waals surface area (Å²) in [6.07, 6.45) is 2.81. The number of benzene rings is 2. The van der Waals surface area contributed by atoms with Crippen molar-refractivity contribution < 1.29 is 23.7 Å². The first kappa shape index (κ1) is 32.0. The minimum absolute atomic E-state index is 0.0536. The van der Waals surface area contributed by atoms with Crippen LogP contribution in [0.25, 0.3) is 0 Å². The van der Waals surface area contributed by atoms with E-state index in [2.05, 4.69) is 66.8 Å². The Balaban J connectivity index is 1.13. The van der Waals surface area contributed by atoms with Crippen LogP contribution in [0.4, 0.5) is 16.2 Å². The fourth-order valence-electron chi connectivity index (χ4n) is 4.83. The third-order valence-electron chi connectivity index (χ3n) is 8.26. The lowest BCUT2D eigenvalue weighted by atomic mass is 9.83. The van der Waals surface area contributed by atoms with Crippen molar-refractivity contribution >= 4 is 35.0 Å². The fourth-order valence-corrected chi connectivity index (χ4v) is 5.08. The molecule has 230 valence electrons. The number of nitrogens with zero attached hydrogens (tertiary/aromatic N) is 3. The summed E-state index contributed by atoms with van der Waals surface area (Å²) in [5.74, 6) is 1.56. The largest absolute Gasteiger partial charge is 0.511 e. The second-order valence-electron chi connectivity index (χ2n) is 12.3. The van der Waals surface area contributed by atoms with Crippen LogP contribution in [0.5, 0.6) is 5.75 Å². The van der Waals surface area contributed by atoms with Crippen molar-refractivity contribution in [2.75, 3.05) is 57.6 Å². The van der Waals surface area contributed by atoms with Gasteiger partial charge in [-0.1, -0.05) is 57.5 Å². The molecule has 4 rings (SSSR count). The average molecular weight is 600 g/mol. The van der Waals surface area contributed by atoms with Gasteiger partial charge in [-0.25, -0.2) is 9.79 Å². The van der Waals surface area contributed by atoms with Gasteiger partial charge in [-0.15, -0.1) is 0 Å². The van der Waals surface area contributed by atoms with E-state index in [4.69, 9.17) is 30.5 Å². The summed E-state index contributed by atoms with van der Waals surface area (Å²) in [5, 5.41) is 0.868. The first-order valence-electron chi connectivity index (χ1n) is 15.1. The van der Waals surface area contributed by atoms with Gasteiger partial charge in [-0.2, -0.15) is 0 Å². The number of aliphatic imine (C=N–C) groups is 1. The predicted octanol–water partition coefficient (Wildman–Crippen LogP) is 7.42. The van der Waals surface area contributed by atoms with Gasteiger partial charge < -0.3 is 23.8 Å². The molecule has 9 heteroatoms. The Labute approximate surface area is 255 Å². The smallest absolute Gasteiger partial charge is 0.494 e. The van der Waals surface area contributed by atoms with Crippen LogP contribution in [-0.2, 0) is 20.6 Å². The molecule has 1 fully saturated rings. The van der Waals surface area contributed by atoms with Crippen molar-refractivity contribution in [1.82, 2.24) is 4.90 Å². The summed E-state index contributed by atoms with van der Waals surface area (Å²) in [5.41, 5.74) is 4.31. The van der Waals surface area contributed by atoms with Crippen LogP contribution < -0.4 is 9.64 Å². The van der Waals surface area contributed by atoms with Crippen molar-refractivity contribution in [3.05, 3.63) is 52.5 Å². The SMILES string of the molecule is Cc1cccc(N2CCN(CCCCOc3ccc4c(c3)N=C(OCOC(=O)OCC(C)C(C)(C)C)CC4)CC2)c1Cl. The number of fused-ring (bicyclic) bond motifs is 1. The number of aryl methyl sites for hydroxylation is 2. The van der Waals surface area contributed by atoms with Gasteiger partial charge in [0.1, 0.15) is 5.75 Å². The average Bonchev–Trinajstić information content (AvgIpc) is 2.97. The Morgan fingerprint density at radius 3 is 2.57 bits per heavy atom. The van der Waals surface area contributed by atoms with E-state index in [1.807, 2.05) is 19.1 Å². The molecule has 2 aliphatic rings. The van der Waals surface area contributed by atoms with E-state index in [0.29, 0.717) is 25.5 Å². The highest BCUT2D eigenvalue weighted by molar-refractivity contribution is 6.34. The second kappa shape index (κ2) is 15.0. The van der Waals surface area contributed by atoms with E-state index in [0.717, 1.165) is 85.3 Å². The van der Waals surface area contributed by atoms with Gasteiger partial charge in [0.15, 0.2) is 5.90 Å². The number of anilines is 1. The van der Waals surface area contributed by atoms with E-state index in [1.54, 1.807) is 0 Å². The Kier molecular flexibility index (Phi) is 11.4. The number of piperazine rings is 1. The molecule has 2 aromatic carbocycles. The maximum Gasteiger partial charge on any atom is 0.511 e. The molecule has 8 nitrogen and oxygen atoms in total. The van der Waals surface area contributed by atoms with Gasteiger partial charge >= 0.3 is 6.16 Å². The number of ether oxygens (including phenoxy) is 4. The van der Waals surface area contributed by atoms with E-state index in [1.165, 1.54) is 0 Å². The third kappa shape index (κ3) is 9.27. The van der Waals surface area contributed by atoms with Crippen LogP contribution in [0.1, 0.15) is 58.1 Å². The maximum atomic E-state index is 11.9. The minimum atomic E-state index is -0.729. The molecule has 0 amide bonds. The van der Waals surface area contributed by atoms with Gasteiger partial charge in [0.25, 0.3) is 0 Å². The number of rotatable bonds is 11. The monoisotopic (exact) mass is 599 g/mol. The zero-order valence-corrected chi connectivity index (χ0v) is 26.5. The molecule has 2 aromatic rings. The number of unbranched alkanes of at least 4 members (excludes halogenated alkanes) is 1. The zero-order valence-electron chi connectivity index (χ0n) is 25.8. The van der Waals surface area contributed by atoms with E-state index in [-0.39, 0.29) is 18.1 Å². The molecule has 0 aromatic heterocycles.